The second-order valence-corrected chi connectivity index (χ2v) is 9.79. The fourth-order valence-corrected chi connectivity index (χ4v) is 5.82. The van der Waals surface area contributed by atoms with Crippen LogP contribution in [0.3, 0.4) is 0 Å². The molecule has 0 bridgehead atoms. The zero-order valence-electron chi connectivity index (χ0n) is 19.1. The van der Waals surface area contributed by atoms with E-state index >= 15 is 0 Å². The van der Waals surface area contributed by atoms with Crippen molar-refractivity contribution in [3.05, 3.63) is 114 Å². The SMILES string of the molecule is CCOC(=O)C1=C(C)N=c2sc(=Cc3cccc(Oc4ccccc4)c3)c(=O)n2C1c1cccs1. The molecule has 4 aromatic rings. The Morgan fingerprint density at radius 3 is 2.63 bits per heavy atom. The number of thiazole rings is 1. The zero-order chi connectivity index (χ0) is 24.4. The van der Waals surface area contributed by atoms with E-state index < -0.39 is 12.0 Å². The predicted octanol–water partition coefficient (Wildman–Crippen LogP) is 4.65. The molecule has 0 spiro atoms. The van der Waals surface area contributed by atoms with Crippen molar-refractivity contribution in [2.24, 2.45) is 4.99 Å². The Morgan fingerprint density at radius 1 is 1.09 bits per heavy atom. The smallest absolute Gasteiger partial charge is 0.338 e. The highest BCUT2D eigenvalue weighted by Gasteiger charge is 2.33. The quantitative estimate of drug-likeness (QED) is 0.360. The number of rotatable bonds is 6. The lowest BCUT2D eigenvalue weighted by molar-refractivity contribution is -0.139. The molecule has 0 N–H and O–H groups in total. The number of nitrogens with zero attached hydrogens (tertiary/aromatic N) is 2. The molecule has 1 aliphatic rings. The number of esters is 1. The van der Waals surface area contributed by atoms with E-state index in [-0.39, 0.29) is 12.2 Å². The predicted molar refractivity (Wildman–Crippen MR) is 138 cm³/mol. The van der Waals surface area contributed by atoms with Gasteiger partial charge in [0, 0.05) is 4.88 Å². The van der Waals surface area contributed by atoms with Crippen molar-refractivity contribution in [1.82, 2.24) is 4.57 Å². The first kappa shape index (κ1) is 23.0. The Labute approximate surface area is 209 Å². The summed E-state index contributed by atoms with van der Waals surface area (Å²) in [6.07, 6.45) is 1.83. The summed E-state index contributed by atoms with van der Waals surface area (Å²) in [5.74, 6) is 0.962. The molecule has 2 aromatic carbocycles. The Hall–Kier alpha value is -3.75. The van der Waals surface area contributed by atoms with E-state index in [0.717, 1.165) is 16.2 Å². The van der Waals surface area contributed by atoms with Gasteiger partial charge < -0.3 is 9.47 Å². The van der Waals surface area contributed by atoms with Crippen molar-refractivity contribution < 1.29 is 14.3 Å². The van der Waals surface area contributed by atoms with Crippen molar-refractivity contribution in [2.75, 3.05) is 6.61 Å². The molecule has 6 nitrogen and oxygen atoms in total. The summed E-state index contributed by atoms with van der Waals surface area (Å²) in [4.78, 5) is 32.5. The summed E-state index contributed by atoms with van der Waals surface area (Å²) < 4.78 is 13.4. The zero-order valence-corrected chi connectivity index (χ0v) is 20.8. The minimum absolute atomic E-state index is 0.198. The van der Waals surface area contributed by atoms with Gasteiger partial charge in [-0.15, -0.1) is 11.3 Å². The van der Waals surface area contributed by atoms with Crippen LogP contribution in [-0.2, 0) is 9.53 Å². The molecule has 0 fully saturated rings. The molecule has 176 valence electrons. The Kier molecular flexibility index (Phi) is 6.48. The third kappa shape index (κ3) is 4.62. The normalized spacial score (nSPS) is 15.5. The maximum absolute atomic E-state index is 13.6. The molecule has 1 unspecified atom stereocenters. The Morgan fingerprint density at radius 2 is 1.89 bits per heavy atom. The highest BCUT2D eigenvalue weighted by Crippen LogP contribution is 2.33. The Bertz CT molecular complexity index is 1580. The number of ether oxygens (including phenoxy) is 2. The summed E-state index contributed by atoms with van der Waals surface area (Å²) in [5.41, 5.74) is 1.59. The number of hydrogen-bond acceptors (Lipinski definition) is 7. The van der Waals surface area contributed by atoms with Gasteiger partial charge in [-0.3, -0.25) is 9.36 Å². The Balaban J connectivity index is 1.59. The number of hydrogen-bond donors (Lipinski definition) is 0. The lowest BCUT2D eigenvalue weighted by Crippen LogP contribution is -2.39. The van der Waals surface area contributed by atoms with E-state index in [9.17, 15) is 9.59 Å². The fraction of sp³-hybridized carbons (Fsp3) is 0.148. The van der Waals surface area contributed by atoms with E-state index in [2.05, 4.69) is 4.99 Å². The number of benzene rings is 2. The van der Waals surface area contributed by atoms with Crippen LogP contribution < -0.4 is 19.6 Å². The topological polar surface area (TPSA) is 69.9 Å². The van der Waals surface area contributed by atoms with Gasteiger partial charge in [0.05, 0.1) is 22.4 Å². The standard InChI is InChI=1S/C27H22N2O4S2/c1-3-32-26(31)23-17(2)28-27-29(24(23)21-13-8-14-34-21)25(30)22(35-27)16-18-9-7-12-20(15-18)33-19-10-5-4-6-11-19/h4-16,24H,3H2,1-2H3. The van der Waals surface area contributed by atoms with E-state index in [1.165, 1.54) is 22.7 Å². The number of para-hydroxylation sites is 1. The fourth-order valence-electron chi connectivity index (χ4n) is 3.95. The van der Waals surface area contributed by atoms with E-state index in [4.69, 9.17) is 9.47 Å². The third-order valence-corrected chi connectivity index (χ3v) is 7.37. The average Bonchev–Trinajstić information content (AvgIpc) is 3.48. The summed E-state index contributed by atoms with van der Waals surface area (Å²) >= 11 is 2.80. The number of carbonyl (C=O) groups is 1. The molecule has 0 aliphatic carbocycles. The van der Waals surface area contributed by atoms with Gasteiger partial charge in [0.25, 0.3) is 5.56 Å². The van der Waals surface area contributed by atoms with Gasteiger partial charge in [-0.25, -0.2) is 9.79 Å². The van der Waals surface area contributed by atoms with Crippen LogP contribution >= 0.6 is 22.7 Å². The van der Waals surface area contributed by atoms with Crippen LogP contribution in [0.15, 0.2) is 93.2 Å². The average molecular weight is 503 g/mol. The monoisotopic (exact) mass is 502 g/mol. The van der Waals surface area contributed by atoms with Crippen LogP contribution in [0.1, 0.15) is 30.3 Å². The van der Waals surface area contributed by atoms with Gasteiger partial charge in [0.2, 0.25) is 0 Å². The molecule has 1 atom stereocenters. The molecule has 0 radical (unpaired) electrons. The van der Waals surface area contributed by atoms with Gasteiger partial charge in [0.15, 0.2) is 4.80 Å². The molecular weight excluding hydrogens is 480 g/mol. The van der Waals surface area contributed by atoms with Gasteiger partial charge in [-0.1, -0.05) is 47.7 Å². The van der Waals surface area contributed by atoms with Crippen LogP contribution in [0.2, 0.25) is 0 Å². The number of carbonyl (C=O) groups excluding carboxylic acids is 1. The molecule has 0 saturated heterocycles. The molecule has 35 heavy (non-hydrogen) atoms. The largest absolute Gasteiger partial charge is 0.463 e. The van der Waals surface area contributed by atoms with E-state index in [1.54, 1.807) is 18.4 Å². The van der Waals surface area contributed by atoms with Gasteiger partial charge in [-0.05, 0) is 61.2 Å². The molecule has 8 heteroatoms. The van der Waals surface area contributed by atoms with Crippen LogP contribution in [0.4, 0.5) is 0 Å². The molecule has 3 heterocycles. The number of fused-ring (bicyclic) bond motifs is 1. The van der Waals surface area contributed by atoms with Crippen LogP contribution in [0.25, 0.3) is 6.08 Å². The van der Waals surface area contributed by atoms with Crippen LogP contribution in [0, 0.1) is 0 Å². The highest BCUT2D eigenvalue weighted by molar-refractivity contribution is 7.10. The molecule has 0 amide bonds. The first-order chi connectivity index (χ1) is 17.0. The van der Waals surface area contributed by atoms with Crippen molar-refractivity contribution in [3.63, 3.8) is 0 Å². The van der Waals surface area contributed by atoms with Crippen LogP contribution in [-0.4, -0.2) is 17.1 Å². The van der Waals surface area contributed by atoms with E-state index in [1.807, 2.05) is 78.2 Å². The minimum atomic E-state index is -0.569. The van der Waals surface area contributed by atoms with Crippen molar-refractivity contribution in [2.45, 2.75) is 19.9 Å². The second kappa shape index (κ2) is 9.85. The summed E-state index contributed by atoms with van der Waals surface area (Å²) in [6, 6.07) is 20.4. The molecule has 0 saturated carbocycles. The summed E-state index contributed by atoms with van der Waals surface area (Å²) in [6.45, 7) is 3.80. The molecule has 2 aromatic heterocycles. The highest BCUT2D eigenvalue weighted by atomic mass is 32.1. The van der Waals surface area contributed by atoms with Crippen molar-refractivity contribution in [1.29, 1.82) is 0 Å². The van der Waals surface area contributed by atoms with E-state index in [0.29, 0.717) is 26.4 Å². The second-order valence-electron chi connectivity index (χ2n) is 7.81. The maximum Gasteiger partial charge on any atom is 0.338 e. The van der Waals surface area contributed by atoms with Crippen LogP contribution in [0.5, 0.6) is 11.5 Å². The molecule has 1 aliphatic heterocycles. The number of thiophene rings is 1. The van der Waals surface area contributed by atoms with Gasteiger partial charge in [0.1, 0.15) is 17.5 Å². The first-order valence-corrected chi connectivity index (χ1v) is 12.8. The number of allylic oxidation sites excluding steroid dienone is 1. The summed E-state index contributed by atoms with van der Waals surface area (Å²) in [5, 5.41) is 1.93. The van der Waals surface area contributed by atoms with Crippen molar-refractivity contribution >= 4 is 34.7 Å². The van der Waals surface area contributed by atoms with Gasteiger partial charge in [-0.2, -0.15) is 0 Å². The molecular formula is C27H22N2O4S2. The minimum Gasteiger partial charge on any atom is -0.463 e. The van der Waals surface area contributed by atoms with Gasteiger partial charge >= 0.3 is 5.97 Å². The van der Waals surface area contributed by atoms with Crippen molar-refractivity contribution in [3.8, 4) is 11.5 Å². The third-order valence-electron chi connectivity index (χ3n) is 5.46. The lowest BCUT2D eigenvalue weighted by Gasteiger charge is -2.23. The lowest BCUT2D eigenvalue weighted by atomic mass is 10.0. The summed E-state index contributed by atoms with van der Waals surface area (Å²) in [7, 11) is 0. The molecule has 5 rings (SSSR count). The number of aromatic nitrogens is 1. The first-order valence-electron chi connectivity index (χ1n) is 11.1. The maximum atomic E-state index is 13.6.